The number of aromatic nitrogens is 3. The second kappa shape index (κ2) is 10.1. The zero-order valence-electron chi connectivity index (χ0n) is 19.1. The molecule has 2 aromatic heterocycles. The molecule has 4 rings (SSSR count). The van der Waals surface area contributed by atoms with Gasteiger partial charge in [-0.3, -0.25) is 20.1 Å². The number of nitrogens with zero attached hydrogens (tertiary/aromatic N) is 4. The number of anilines is 2. The predicted molar refractivity (Wildman–Crippen MR) is 130 cm³/mol. The van der Waals surface area contributed by atoms with Gasteiger partial charge >= 0.3 is 6.03 Å². The number of carbonyl (C=O) groups excluding carboxylic acids is 2. The Morgan fingerprint density at radius 1 is 1.18 bits per heavy atom. The Kier molecular flexibility index (Phi) is 6.82. The molecule has 0 bridgehead atoms. The SMILES string of the molecule is C=CC(=O)N1CC[C@H]1COc1ccc(-c2cncc(NC(=O)Nc3ccc(C)nc3)n2)cc1C. The van der Waals surface area contributed by atoms with Gasteiger partial charge in [-0.25, -0.2) is 9.78 Å². The molecule has 3 aromatic rings. The largest absolute Gasteiger partial charge is 0.491 e. The predicted octanol–water partition coefficient (Wildman–Crippen LogP) is 3.97. The van der Waals surface area contributed by atoms with Crippen LogP contribution in [0.25, 0.3) is 11.3 Å². The lowest BCUT2D eigenvalue weighted by atomic mass is 10.0. The molecule has 1 aliphatic rings. The summed E-state index contributed by atoms with van der Waals surface area (Å²) in [6, 6.07) is 8.94. The fourth-order valence-electron chi connectivity index (χ4n) is 3.56. The number of rotatable bonds is 7. The summed E-state index contributed by atoms with van der Waals surface area (Å²) in [5.41, 5.74) is 3.84. The molecule has 2 N–H and O–H groups in total. The van der Waals surface area contributed by atoms with Gasteiger partial charge in [0.2, 0.25) is 5.91 Å². The van der Waals surface area contributed by atoms with Crippen LogP contribution < -0.4 is 15.4 Å². The lowest BCUT2D eigenvalue weighted by molar-refractivity contribution is -0.134. The van der Waals surface area contributed by atoms with E-state index in [0.29, 0.717) is 23.8 Å². The van der Waals surface area contributed by atoms with Crippen molar-refractivity contribution in [1.82, 2.24) is 19.9 Å². The number of ether oxygens (including phenoxy) is 1. The molecular formula is C25H26N6O3. The van der Waals surface area contributed by atoms with Crippen molar-refractivity contribution < 1.29 is 14.3 Å². The molecule has 174 valence electrons. The highest BCUT2D eigenvalue weighted by Gasteiger charge is 2.31. The van der Waals surface area contributed by atoms with Gasteiger partial charge in [0, 0.05) is 17.8 Å². The van der Waals surface area contributed by atoms with E-state index in [-0.39, 0.29) is 11.9 Å². The number of benzene rings is 1. The van der Waals surface area contributed by atoms with E-state index in [1.54, 1.807) is 23.4 Å². The average molecular weight is 459 g/mol. The number of likely N-dealkylation sites (tertiary alicyclic amines) is 1. The Balaban J connectivity index is 1.38. The molecule has 1 atom stereocenters. The number of amides is 3. The van der Waals surface area contributed by atoms with E-state index in [9.17, 15) is 9.59 Å². The maximum atomic E-state index is 12.3. The van der Waals surface area contributed by atoms with Crippen LogP contribution in [-0.2, 0) is 4.79 Å². The lowest BCUT2D eigenvalue weighted by Gasteiger charge is -2.40. The van der Waals surface area contributed by atoms with Crippen molar-refractivity contribution in [2.45, 2.75) is 26.3 Å². The number of urea groups is 1. The molecule has 1 aromatic carbocycles. The van der Waals surface area contributed by atoms with Gasteiger partial charge < -0.3 is 15.0 Å². The third-order valence-electron chi connectivity index (χ3n) is 5.55. The minimum absolute atomic E-state index is 0.0665. The first-order valence-corrected chi connectivity index (χ1v) is 10.9. The summed E-state index contributed by atoms with van der Waals surface area (Å²) in [6.07, 6.45) is 6.95. The summed E-state index contributed by atoms with van der Waals surface area (Å²) in [7, 11) is 0. The summed E-state index contributed by atoms with van der Waals surface area (Å²) in [6.45, 7) is 8.53. The van der Waals surface area contributed by atoms with Gasteiger partial charge in [0.15, 0.2) is 5.82 Å². The molecule has 0 aliphatic carbocycles. The van der Waals surface area contributed by atoms with Crippen LogP contribution in [0.2, 0.25) is 0 Å². The number of hydrogen-bond donors (Lipinski definition) is 2. The zero-order valence-corrected chi connectivity index (χ0v) is 19.1. The molecule has 34 heavy (non-hydrogen) atoms. The van der Waals surface area contributed by atoms with Crippen molar-refractivity contribution in [3.05, 3.63) is 72.8 Å². The van der Waals surface area contributed by atoms with Crippen LogP contribution >= 0.6 is 0 Å². The normalized spacial score (nSPS) is 14.6. The van der Waals surface area contributed by atoms with Crippen LogP contribution in [0.3, 0.4) is 0 Å². The summed E-state index contributed by atoms with van der Waals surface area (Å²) in [4.78, 5) is 38.7. The van der Waals surface area contributed by atoms with Gasteiger partial charge in [-0.1, -0.05) is 6.58 Å². The molecule has 0 unspecified atom stereocenters. The summed E-state index contributed by atoms with van der Waals surface area (Å²) in [5, 5.41) is 5.40. The fraction of sp³-hybridized carbons (Fsp3) is 0.240. The molecular weight excluding hydrogens is 432 g/mol. The van der Waals surface area contributed by atoms with Crippen LogP contribution in [0, 0.1) is 13.8 Å². The highest BCUT2D eigenvalue weighted by atomic mass is 16.5. The van der Waals surface area contributed by atoms with Gasteiger partial charge in [-0.05, 0) is 62.2 Å². The molecule has 0 saturated carbocycles. The first-order valence-electron chi connectivity index (χ1n) is 10.9. The Labute approximate surface area is 197 Å². The van der Waals surface area contributed by atoms with Gasteiger partial charge in [0.25, 0.3) is 0 Å². The molecule has 1 fully saturated rings. The number of aryl methyl sites for hydroxylation is 2. The van der Waals surface area contributed by atoms with Crippen molar-refractivity contribution in [1.29, 1.82) is 0 Å². The summed E-state index contributed by atoms with van der Waals surface area (Å²) >= 11 is 0. The number of carbonyl (C=O) groups is 2. The monoisotopic (exact) mass is 458 g/mol. The first kappa shape index (κ1) is 22.9. The Morgan fingerprint density at radius 3 is 2.71 bits per heavy atom. The average Bonchev–Trinajstić information content (AvgIpc) is 2.81. The van der Waals surface area contributed by atoms with E-state index in [0.717, 1.165) is 35.5 Å². The highest BCUT2D eigenvalue weighted by Crippen LogP contribution is 2.27. The van der Waals surface area contributed by atoms with E-state index >= 15 is 0 Å². The second-order valence-corrected chi connectivity index (χ2v) is 8.03. The van der Waals surface area contributed by atoms with Crippen molar-refractivity contribution in [2.24, 2.45) is 0 Å². The highest BCUT2D eigenvalue weighted by molar-refractivity contribution is 5.99. The zero-order chi connectivity index (χ0) is 24.1. The molecule has 3 amide bonds. The third-order valence-corrected chi connectivity index (χ3v) is 5.55. The molecule has 9 nitrogen and oxygen atoms in total. The van der Waals surface area contributed by atoms with Crippen LogP contribution in [-0.4, -0.2) is 51.0 Å². The van der Waals surface area contributed by atoms with Crippen molar-refractivity contribution >= 4 is 23.4 Å². The molecule has 0 spiro atoms. The Bertz CT molecular complexity index is 1210. The summed E-state index contributed by atoms with van der Waals surface area (Å²) in [5.74, 6) is 1.00. The van der Waals surface area contributed by atoms with Crippen LogP contribution in [0.15, 0.2) is 61.6 Å². The van der Waals surface area contributed by atoms with Crippen LogP contribution in [0.5, 0.6) is 5.75 Å². The molecule has 0 radical (unpaired) electrons. The number of nitrogens with one attached hydrogen (secondary N) is 2. The van der Waals surface area contributed by atoms with E-state index < -0.39 is 6.03 Å². The first-order chi connectivity index (χ1) is 16.4. The van der Waals surface area contributed by atoms with Gasteiger partial charge in [0.1, 0.15) is 12.4 Å². The smallest absolute Gasteiger partial charge is 0.324 e. The van der Waals surface area contributed by atoms with Crippen molar-refractivity contribution in [3.63, 3.8) is 0 Å². The maximum Gasteiger partial charge on any atom is 0.324 e. The molecule has 1 aliphatic heterocycles. The van der Waals surface area contributed by atoms with Crippen molar-refractivity contribution in [2.75, 3.05) is 23.8 Å². The molecule has 3 heterocycles. The minimum atomic E-state index is -0.433. The molecule has 1 saturated heterocycles. The van der Waals surface area contributed by atoms with E-state index in [1.807, 2.05) is 38.1 Å². The van der Waals surface area contributed by atoms with E-state index in [1.165, 1.54) is 12.3 Å². The maximum absolute atomic E-state index is 12.3. The van der Waals surface area contributed by atoms with E-state index in [4.69, 9.17) is 4.74 Å². The van der Waals surface area contributed by atoms with E-state index in [2.05, 4.69) is 32.2 Å². The quantitative estimate of drug-likeness (QED) is 0.519. The van der Waals surface area contributed by atoms with Gasteiger partial charge in [0.05, 0.1) is 36.0 Å². The minimum Gasteiger partial charge on any atom is -0.491 e. The second-order valence-electron chi connectivity index (χ2n) is 8.03. The lowest BCUT2D eigenvalue weighted by Crippen LogP contribution is -2.53. The fourth-order valence-corrected chi connectivity index (χ4v) is 3.56. The standard InChI is InChI=1S/C25H26N6O3/c1-4-24(32)31-10-9-20(31)15-34-22-8-6-18(11-16(22)2)21-13-26-14-23(29-21)30-25(33)28-19-7-5-17(3)27-12-19/h4-8,11-14,20H,1,9-10,15H2,2-3H3,(H2,28,29,30,33)/t20-/m0/s1. The van der Waals surface area contributed by atoms with Crippen LogP contribution in [0.1, 0.15) is 17.7 Å². The Morgan fingerprint density at radius 2 is 2.03 bits per heavy atom. The number of pyridine rings is 1. The number of hydrogen-bond acceptors (Lipinski definition) is 6. The van der Waals surface area contributed by atoms with Gasteiger partial charge in [-0.2, -0.15) is 0 Å². The Hall–Kier alpha value is -4.27. The topological polar surface area (TPSA) is 109 Å². The van der Waals surface area contributed by atoms with Crippen LogP contribution in [0.4, 0.5) is 16.3 Å². The van der Waals surface area contributed by atoms with Crippen molar-refractivity contribution in [3.8, 4) is 17.0 Å². The third kappa shape index (κ3) is 5.37. The summed E-state index contributed by atoms with van der Waals surface area (Å²) < 4.78 is 5.96. The van der Waals surface area contributed by atoms with Gasteiger partial charge in [-0.15, -0.1) is 0 Å². The molecule has 9 heteroatoms.